The van der Waals surface area contributed by atoms with Gasteiger partial charge in [-0.1, -0.05) is 6.07 Å². The van der Waals surface area contributed by atoms with Crippen LogP contribution in [0.1, 0.15) is 24.2 Å². The van der Waals surface area contributed by atoms with E-state index in [1.165, 1.54) is 12.1 Å². The standard InChI is InChI=1S/C25H21F2N5O/c1-15-13-31(14-28-15)22-7-6-17(11-23(22)33-3)24-21-5-4-8-32(25(21)30-29-24)16(2)18-9-19(26)12-20(27)10-18/h4-14,16H,1-3H3/t16-/m1/s1. The number of ether oxygens (including phenoxy) is 1. The number of aromatic nitrogens is 5. The minimum Gasteiger partial charge on any atom is -0.495 e. The first-order valence-electron chi connectivity index (χ1n) is 10.4. The highest BCUT2D eigenvalue weighted by Gasteiger charge is 2.22. The number of fused-ring (bicyclic) bond motifs is 1. The van der Waals surface area contributed by atoms with Gasteiger partial charge in [-0.25, -0.2) is 13.8 Å². The number of rotatable bonds is 5. The van der Waals surface area contributed by atoms with E-state index < -0.39 is 11.6 Å². The van der Waals surface area contributed by atoms with Crippen LogP contribution in [0.3, 0.4) is 0 Å². The van der Waals surface area contributed by atoms with Gasteiger partial charge in [0.25, 0.3) is 0 Å². The molecule has 1 atom stereocenters. The van der Waals surface area contributed by atoms with Gasteiger partial charge in [-0.3, -0.25) is 0 Å². The zero-order valence-corrected chi connectivity index (χ0v) is 18.3. The lowest BCUT2D eigenvalue weighted by Gasteiger charge is -2.19. The fraction of sp³-hybridized carbons (Fsp3) is 0.160. The van der Waals surface area contributed by atoms with Gasteiger partial charge < -0.3 is 13.9 Å². The average molecular weight is 445 g/mol. The molecule has 0 saturated heterocycles. The Balaban J connectivity index is 1.54. The zero-order valence-electron chi connectivity index (χ0n) is 18.3. The lowest BCUT2D eigenvalue weighted by atomic mass is 10.0. The van der Waals surface area contributed by atoms with Crippen molar-refractivity contribution in [2.24, 2.45) is 0 Å². The van der Waals surface area contributed by atoms with Crippen LogP contribution in [0, 0.1) is 18.6 Å². The summed E-state index contributed by atoms with van der Waals surface area (Å²) in [6.45, 7) is 3.80. The SMILES string of the molecule is COc1cc(-c2nnc3n([C@H](C)c4cc(F)cc(F)c4)cccc2-3)ccc1-n1cnc(C)c1. The van der Waals surface area contributed by atoms with Crippen LogP contribution in [0.15, 0.2) is 67.3 Å². The molecule has 0 amide bonds. The Morgan fingerprint density at radius 3 is 2.48 bits per heavy atom. The number of imidazole rings is 1. The zero-order chi connectivity index (χ0) is 23.1. The highest BCUT2D eigenvalue weighted by atomic mass is 19.1. The predicted octanol–water partition coefficient (Wildman–Crippen LogP) is 5.44. The third kappa shape index (κ3) is 3.73. The molecule has 2 aromatic carbocycles. The second-order valence-electron chi connectivity index (χ2n) is 7.89. The maximum Gasteiger partial charge on any atom is 0.165 e. The summed E-state index contributed by atoms with van der Waals surface area (Å²) in [4.78, 5) is 4.28. The number of methoxy groups -OCH3 is 1. The van der Waals surface area contributed by atoms with E-state index in [0.29, 0.717) is 22.8 Å². The molecule has 0 bridgehead atoms. The van der Waals surface area contributed by atoms with E-state index in [-0.39, 0.29) is 6.04 Å². The third-order valence-corrected chi connectivity index (χ3v) is 5.72. The first-order chi connectivity index (χ1) is 15.9. The number of aryl methyl sites for hydroxylation is 1. The first-order valence-corrected chi connectivity index (χ1v) is 10.4. The molecule has 2 aliphatic rings. The summed E-state index contributed by atoms with van der Waals surface area (Å²) in [7, 11) is 1.62. The highest BCUT2D eigenvalue weighted by molar-refractivity contribution is 5.80. The van der Waals surface area contributed by atoms with Gasteiger partial charge in [-0.05, 0) is 55.8 Å². The molecule has 1 aromatic heterocycles. The van der Waals surface area contributed by atoms with Crippen LogP contribution < -0.4 is 4.74 Å². The largest absolute Gasteiger partial charge is 0.495 e. The Hall–Kier alpha value is -4.07. The molecule has 166 valence electrons. The molecule has 6 nitrogen and oxygen atoms in total. The molecule has 2 aliphatic heterocycles. The van der Waals surface area contributed by atoms with Crippen molar-refractivity contribution in [2.75, 3.05) is 7.11 Å². The lowest BCUT2D eigenvalue weighted by molar-refractivity contribution is 0.413. The normalized spacial score (nSPS) is 12.3. The van der Waals surface area contributed by atoms with Gasteiger partial charge in [0.1, 0.15) is 23.1 Å². The smallest absolute Gasteiger partial charge is 0.165 e. The Labute approximate surface area is 189 Å². The van der Waals surface area contributed by atoms with E-state index >= 15 is 0 Å². The molecule has 33 heavy (non-hydrogen) atoms. The summed E-state index contributed by atoms with van der Waals surface area (Å²) >= 11 is 0. The summed E-state index contributed by atoms with van der Waals surface area (Å²) in [6.07, 6.45) is 5.50. The van der Waals surface area contributed by atoms with E-state index in [1.807, 2.05) is 65.7 Å². The van der Waals surface area contributed by atoms with E-state index in [4.69, 9.17) is 4.74 Å². The topological polar surface area (TPSA) is 57.8 Å². The fourth-order valence-electron chi connectivity index (χ4n) is 4.05. The number of hydrogen-bond acceptors (Lipinski definition) is 4. The number of hydrogen-bond donors (Lipinski definition) is 0. The van der Waals surface area contributed by atoms with Crippen LogP contribution in [0.4, 0.5) is 8.78 Å². The van der Waals surface area contributed by atoms with Gasteiger partial charge >= 0.3 is 0 Å². The van der Waals surface area contributed by atoms with Gasteiger partial charge in [-0.15, -0.1) is 10.2 Å². The molecule has 3 aromatic rings. The summed E-state index contributed by atoms with van der Waals surface area (Å²) in [6, 6.07) is 12.8. The monoisotopic (exact) mass is 445 g/mol. The van der Waals surface area contributed by atoms with Crippen molar-refractivity contribution >= 4 is 0 Å². The molecule has 8 heteroatoms. The van der Waals surface area contributed by atoms with Crippen LogP contribution in [0.25, 0.3) is 28.3 Å². The maximum absolute atomic E-state index is 13.8. The van der Waals surface area contributed by atoms with Crippen molar-refractivity contribution in [2.45, 2.75) is 19.9 Å². The van der Waals surface area contributed by atoms with E-state index in [9.17, 15) is 8.78 Å². The average Bonchev–Trinajstić information content (AvgIpc) is 3.43. The molecule has 3 heterocycles. The Kier molecular flexibility index (Phi) is 5.12. The first kappa shape index (κ1) is 20.8. The molecular formula is C25H21F2N5O. The molecule has 0 saturated carbocycles. The van der Waals surface area contributed by atoms with Gasteiger partial charge in [0.15, 0.2) is 5.82 Å². The number of halogens is 2. The van der Waals surface area contributed by atoms with Crippen molar-refractivity contribution in [3.8, 4) is 34.1 Å². The van der Waals surface area contributed by atoms with E-state index in [0.717, 1.165) is 28.6 Å². The van der Waals surface area contributed by atoms with Crippen molar-refractivity contribution in [3.63, 3.8) is 0 Å². The summed E-state index contributed by atoms with van der Waals surface area (Å²) in [5, 5.41) is 8.82. The second-order valence-corrected chi connectivity index (χ2v) is 7.89. The van der Waals surface area contributed by atoms with Gasteiger partial charge in [0.05, 0.1) is 30.9 Å². The van der Waals surface area contributed by atoms with Crippen molar-refractivity contribution in [3.05, 3.63) is 90.1 Å². The summed E-state index contributed by atoms with van der Waals surface area (Å²) in [5.41, 5.74) is 4.65. The maximum atomic E-state index is 13.8. The van der Waals surface area contributed by atoms with Crippen molar-refractivity contribution in [1.82, 2.24) is 24.3 Å². The quantitative estimate of drug-likeness (QED) is 0.362. The number of pyridine rings is 1. The summed E-state index contributed by atoms with van der Waals surface area (Å²) < 4.78 is 36.9. The van der Waals surface area contributed by atoms with Crippen LogP contribution in [-0.4, -0.2) is 31.4 Å². The Morgan fingerprint density at radius 2 is 1.79 bits per heavy atom. The van der Waals surface area contributed by atoms with Gasteiger partial charge in [-0.2, -0.15) is 0 Å². The van der Waals surface area contributed by atoms with Gasteiger partial charge in [0.2, 0.25) is 0 Å². The molecule has 5 rings (SSSR count). The van der Waals surface area contributed by atoms with Crippen LogP contribution in [0.2, 0.25) is 0 Å². The van der Waals surface area contributed by atoms with E-state index in [1.54, 1.807) is 13.4 Å². The number of benzene rings is 2. The third-order valence-electron chi connectivity index (χ3n) is 5.72. The van der Waals surface area contributed by atoms with Crippen molar-refractivity contribution in [1.29, 1.82) is 0 Å². The summed E-state index contributed by atoms with van der Waals surface area (Å²) in [5.74, 6) is 0.0739. The Morgan fingerprint density at radius 1 is 1.00 bits per heavy atom. The van der Waals surface area contributed by atoms with Crippen LogP contribution in [0.5, 0.6) is 5.75 Å². The van der Waals surface area contributed by atoms with Gasteiger partial charge in [0, 0.05) is 29.6 Å². The van der Waals surface area contributed by atoms with E-state index in [2.05, 4.69) is 15.2 Å². The molecular weight excluding hydrogens is 424 g/mol. The fourth-order valence-corrected chi connectivity index (χ4v) is 4.05. The molecule has 0 aliphatic carbocycles. The minimum absolute atomic E-state index is 0.343. The number of nitrogens with zero attached hydrogens (tertiary/aromatic N) is 5. The lowest BCUT2D eigenvalue weighted by Crippen LogP contribution is -2.11. The molecule has 0 fully saturated rings. The molecule has 0 unspecified atom stereocenters. The Bertz CT molecular complexity index is 1400. The molecule has 0 radical (unpaired) electrons. The highest BCUT2D eigenvalue weighted by Crippen LogP contribution is 2.36. The second kappa shape index (κ2) is 8.12. The molecule has 0 N–H and O–H groups in total. The predicted molar refractivity (Wildman–Crippen MR) is 121 cm³/mol. The molecule has 0 spiro atoms. The van der Waals surface area contributed by atoms with Crippen LogP contribution >= 0.6 is 0 Å². The minimum atomic E-state index is -0.612. The van der Waals surface area contributed by atoms with Crippen molar-refractivity contribution < 1.29 is 13.5 Å². The van der Waals surface area contributed by atoms with Crippen LogP contribution in [-0.2, 0) is 0 Å².